The van der Waals surface area contributed by atoms with Crippen LogP contribution in [0.5, 0.6) is 5.75 Å². The minimum Gasteiger partial charge on any atom is -0.497 e. The second-order valence-corrected chi connectivity index (χ2v) is 5.88. The quantitative estimate of drug-likeness (QED) is 0.937. The lowest BCUT2D eigenvalue weighted by Gasteiger charge is -2.17. The van der Waals surface area contributed by atoms with Crippen molar-refractivity contribution < 1.29 is 9.26 Å². The Bertz CT molecular complexity index is 667. The SMILES string of the molecule is COc1ccc(/C(C)=C/c2nc(C3(N)CCCC3)no2)cc1. The Morgan fingerprint density at radius 3 is 2.59 bits per heavy atom. The highest BCUT2D eigenvalue weighted by Crippen LogP contribution is 2.34. The van der Waals surface area contributed by atoms with E-state index < -0.39 is 5.54 Å². The Morgan fingerprint density at radius 1 is 1.27 bits per heavy atom. The van der Waals surface area contributed by atoms with Crippen LogP contribution in [0.2, 0.25) is 0 Å². The number of nitrogens with zero attached hydrogens (tertiary/aromatic N) is 2. The topological polar surface area (TPSA) is 74.2 Å². The molecule has 5 heteroatoms. The molecular weight excluding hydrogens is 278 g/mol. The maximum absolute atomic E-state index is 6.35. The van der Waals surface area contributed by atoms with Crippen molar-refractivity contribution in [2.45, 2.75) is 38.1 Å². The van der Waals surface area contributed by atoms with Crippen LogP contribution in [-0.4, -0.2) is 17.3 Å². The van der Waals surface area contributed by atoms with Crippen LogP contribution in [0, 0.1) is 0 Å². The number of rotatable bonds is 4. The van der Waals surface area contributed by atoms with Crippen LogP contribution in [0.15, 0.2) is 28.8 Å². The van der Waals surface area contributed by atoms with E-state index in [0.717, 1.165) is 42.6 Å². The molecule has 0 unspecified atom stereocenters. The summed E-state index contributed by atoms with van der Waals surface area (Å²) in [7, 11) is 1.66. The Balaban J connectivity index is 1.80. The molecule has 0 aliphatic heterocycles. The van der Waals surface area contributed by atoms with Crippen LogP contribution < -0.4 is 10.5 Å². The fourth-order valence-electron chi connectivity index (χ4n) is 2.85. The summed E-state index contributed by atoms with van der Waals surface area (Å²) in [6.07, 6.45) is 5.99. The van der Waals surface area contributed by atoms with Gasteiger partial charge in [0.1, 0.15) is 5.75 Å². The molecule has 2 N–H and O–H groups in total. The Labute approximate surface area is 130 Å². The number of allylic oxidation sites excluding steroid dienone is 1. The van der Waals surface area contributed by atoms with Crippen molar-refractivity contribution in [1.82, 2.24) is 10.1 Å². The molecule has 0 atom stereocenters. The summed E-state index contributed by atoms with van der Waals surface area (Å²) in [6, 6.07) is 7.87. The maximum Gasteiger partial charge on any atom is 0.250 e. The van der Waals surface area contributed by atoms with Crippen molar-refractivity contribution in [3.63, 3.8) is 0 Å². The number of methoxy groups -OCH3 is 1. The van der Waals surface area contributed by atoms with Crippen LogP contribution in [0.3, 0.4) is 0 Å². The summed E-state index contributed by atoms with van der Waals surface area (Å²) in [4.78, 5) is 4.46. The molecule has 0 radical (unpaired) electrons. The number of ether oxygens (including phenoxy) is 1. The van der Waals surface area contributed by atoms with Crippen LogP contribution in [0.25, 0.3) is 11.6 Å². The second-order valence-electron chi connectivity index (χ2n) is 5.88. The van der Waals surface area contributed by atoms with Crippen molar-refractivity contribution in [2.75, 3.05) is 7.11 Å². The molecule has 1 fully saturated rings. The first kappa shape index (κ1) is 14.8. The summed E-state index contributed by atoms with van der Waals surface area (Å²) in [5.41, 5.74) is 8.07. The van der Waals surface area contributed by atoms with E-state index in [1.165, 1.54) is 0 Å². The lowest BCUT2D eigenvalue weighted by atomic mass is 9.99. The molecule has 0 amide bonds. The summed E-state index contributed by atoms with van der Waals surface area (Å²) >= 11 is 0. The number of benzene rings is 1. The lowest BCUT2D eigenvalue weighted by molar-refractivity contribution is 0.364. The highest BCUT2D eigenvalue weighted by Gasteiger charge is 2.35. The average molecular weight is 299 g/mol. The standard InChI is InChI=1S/C17H21N3O2/c1-12(13-5-7-14(21-2)8-6-13)11-15-19-16(20-22-15)17(18)9-3-4-10-17/h5-8,11H,3-4,9-10,18H2,1-2H3/b12-11+. The van der Waals surface area contributed by atoms with Crippen molar-refractivity contribution >= 4 is 11.6 Å². The normalized spacial score (nSPS) is 17.7. The molecule has 1 aromatic carbocycles. The lowest BCUT2D eigenvalue weighted by Crippen LogP contribution is -2.34. The van der Waals surface area contributed by atoms with E-state index in [9.17, 15) is 0 Å². The monoisotopic (exact) mass is 299 g/mol. The first-order valence-electron chi connectivity index (χ1n) is 7.56. The fraction of sp³-hybridized carbons (Fsp3) is 0.412. The summed E-state index contributed by atoms with van der Waals surface area (Å²) in [5.74, 6) is 1.96. The molecule has 1 aliphatic rings. The smallest absolute Gasteiger partial charge is 0.250 e. The molecule has 3 rings (SSSR count). The van der Waals surface area contributed by atoms with E-state index in [2.05, 4.69) is 10.1 Å². The van der Waals surface area contributed by atoms with Gasteiger partial charge >= 0.3 is 0 Å². The zero-order valence-electron chi connectivity index (χ0n) is 13.0. The molecule has 1 heterocycles. The van der Waals surface area contributed by atoms with Gasteiger partial charge in [0, 0.05) is 6.08 Å². The van der Waals surface area contributed by atoms with Gasteiger partial charge in [-0.05, 0) is 43.0 Å². The van der Waals surface area contributed by atoms with Crippen molar-refractivity contribution in [1.29, 1.82) is 0 Å². The highest BCUT2D eigenvalue weighted by molar-refractivity contribution is 5.78. The number of hydrogen-bond acceptors (Lipinski definition) is 5. The first-order chi connectivity index (χ1) is 10.6. The maximum atomic E-state index is 6.35. The van der Waals surface area contributed by atoms with Crippen LogP contribution in [0.4, 0.5) is 0 Å². The van der Waals surface area contributed by atoms with Gasteiger partial charge in [-0.3, -0.25) is 0 Å². The van der Waals surface area contributed by atoms with Crippen LogP contribution in [-0.2, 0) is 5.54 Å². The Hall–Kier alpha value is -2.14. The predicted molar refractivity (Wildman–Crippen MR) is 85.2 cm³/mol. The van der Waals surface area contributed by atoms with E-state index in [0.29, 0.717) is 11.7 Å². The zero-order valence-corrected chi connectivity index (χ0v) is 13.0. The summed E-state index contributed by atoms with van der Waals surface area (Å²) in [5, 5.41) is 4.07. The molecule has 5 nitrogen and oxygen atoms in total. The third-order valence-corrected chi connectivity index (χ3v) is 4.27. The van der Waals surface area contributed by atoms with Gasteiger partial charge in [-0.2, -0.15) is 4.98 Å². The number of aromatic nitrogens is 2. The first-order valence-corrected chi connectivity index (χ1v) is 7.56. The molecule has 2 aromatic rings. The van der Waals surface area contributed by atoms with Gasteiger partial charge in [-0.15, -0.1) is 0 Å². The summed E-state index contributed by atoms with van der Waals surface area (Å²) in [6.45, 7) is 2.01. The third-order valence-electron chi connectivity index (χ3n) is 4.27. The summed E-state index contributed by atoms with van der Waals surface area (Å²) < 4.78 is 10.5. The van der Waals surface area contributed by atoms with Gasteiger partial charge in [0.2, 0.25) is 0 Å². The van der Waals surface area contributed by atoms with E-state index in [-0.39, 0.29) is 0 Å². The molecule has 0 spiro atoms. The molecule has 1 aromatic heterocycles. The van der Waals surface area contributed by atoms with E-state index >= 15 is 0 Å². The predicted octanol–water partition coefficient (Wildman–Crippen LogP) is 3.37. The van der Waals surface area contributed by atoms with Crippen molar-refractivity contribution in [3.05, 3.63) is 41.5 Å². The average Bonchev–Trinajstić information content (AvgIpc) is 3.17. The van der Waals surface area contributed by atoms with Crippen molar-refractivity contribution in [2.24, 2.45) is 5.73 Å². The van der Waals surface area contributed by atoms with Crippen LogP contribution >= 0.6 is 0 Å². The minimum atomic E-state index is -0.413. The molecule has 0 saturated heterocycles. The third kappa shape index (κ3) is 2.90. The molecule has 1 saturated carbocycles. The van der Waals surface area contributed by atoms with Gasteiger partial charge in [0.15, 0.2) is 5.82 Å². The van der Waals surface area contributed by atoms with Crippen LogP contribution in [0.1, 0.15) is 49.9 Å². The molecular formula is C17H21N3O2. The number of nitrogens with two attached hydrogens (primary N) is 1. The van der Waals surface area contributed by atoms with E-state index in [1.54, 1.807) is 7.11 Å². The minimum absolute atomic E-state index is 0.413. The molecule has 1 aliphatic carbocycles. The van der Waals surface area contributed by atoms with E-state index in [1.807, 2.05) is 37.3 Å². The van der Waals surface area contributed by atoms with E-state index in [4.69, 9.17) is 15.0 Å². The molecule has 0 bridgehead atoms. The largest absolute Gasteiger partial charge is 0.497 e. The Morgan fingerprint density at radius 2 is 1.95 bits per heavy atom. The second kappa shape index (κ2) is 5.93. The molecule has 116 valence electrons. The number of hydrogen-bond donors (Lipinski definition) is 1. The molecule has 22 heavy (non-hydrogen) atoms. The van der Waals surface area contributed by atoms with Gasteiger partial charge in [-0.25, -0.2) is 0 Å². The van der Waals surface area contributed by atoms with Gasteiger partial charge < -0.3 is 15.0 Å². The van der Waals surface area contributed by atoms with Gasteiger partial charge in [0.05, 0.1) is 12.6 Å². The fourth-order valence-corrected chi connectivity index (χ4v) is 2.85. The highest BCUT2D eigenvalue weighted by atomic mass is 16.5. The zero-order chi connectivity index (χ0) is 15.6. The van der Waals surface area contributed by atoms with Gasteiger partial charge in [-0.1, -0.05) is 30.1 Å². The van der Waals surface area contributed by atoms with Gasteiger partial charge in [0.25, 0.3) is 5.89 Å². The Kier molecular flexibility index (Phi) is 3.98. The van der Waals surface area contributed by atoms with Crippen molar-refractivity contribution in [3.8, 4) is 5.75 Å².